The van der Waals surface area contributed by atoms with Crippen LogP contribution in [-0.4, -0.2) is 10.7 Å². The molecular weight excluding hydrogens is 229 g/mol. The third kappa shape index (κ3) is 2.45. The van der Waals surface area contributed by atoms with Gasteiger partial charge in [-0.05, 0) is 33.8 Å². The number of aromatic nitrogens is 1. The quantitative estimate of drug-likeness (QED) is 0.578. The summed E-state index contributed by atoms with van der Waals surface area (Å²) in [5, 5.41) is 0.730. The number of pyridine rings is 1. The lowest BCUT2D eigenvalue weighted by atomic mass is 10.5. The van der Waals surface area contributed by atoms with Crippen LogP contribution in [-0.2, 0) is 0 Å². The summed E-state index contributed by atoms with van der Waals surface area (Å²) in [6.07, 6.45) is 0. The van der Waals surface area contributed by atoms with E-state index in [1.54, 1.807) is 12.1 Å². The lowest BCUT2D eigenvalue weighted by molar-refractivity contribution is 0.565. The first-order valence-electron chi connectivity index (χ1n) is 3.19. The minimum absolute atomic E-state index is 0.415. The average molecular weight is 236 g/mol. The Morgan fingerprint density at radius 1 is 1.64 bits per heavy atom. The van der Waals surface area contributed by atoms with E-state index in [4.69, 9.17) is 0 Å². The molecule has 1 aromatic rings. The molecule has 11 heavy (non-hydrogen) atoms. The Labute approximate surface area is 77.5 Å². The minimum atomic E-state index is -0.441. The largest absolute Gasteiger partial charge is 0.228 e. The van der Waals surface area contributed by atoms with Crippen molar-refractivity contribution in [1.29, 1.82) is 0 Å². The molecule has 0 radical (unpaired) electrons. The molecule has 0 unspecified atom stereocenters. The second-order valence-electron chi connectivity index (χ2n) is 1.86. The van der Waals surface area contributed by atoms with Crippen molar-refractivity contribution < 1.29 is 4.39 Å². The van der Waals surface area contributed by atoms with Gasteiger partial charge in [-0.2, -0.15) is 4.39 Å². The summed E-state index contributed by atoms with van der Waals surface area (Å²) in [6.45, 7) is 2.01. The third-order valence-corrected chi connectivity index (χ3v) is 2.47. The Bertz CT molecular complexity index is 254. The summed E-state index contributed by atoms with van der Waals surface area (Å²) in [7, 11) is 0. The molecule has 1 aromatic heterocycles. The van der Waals surface area contributed by atoms with Crippen LogP contribution in [0.1, 0.15) is 6.92 Å². The summed E-state index contributed by atoms with van der Waals surface area (Å²) in [6, 6.07) is 3.46. The number of rotatable bonds is 2. The Kier molecular flexibility index (Phi) is 3.33. The minimum Gasteiger partial charge on any atom is -0.212 e. The van der Waals surface area contributed by atoms with Crippen LogP contribution >= 0.6 is 27.7 Å². The van der Waals surface area contributed by atoms with Gasteiger partial charge in [0.1, 0.15) is 0 Å². The molecule has 0 bridgehead atoms. The second kappa shape index (κ2) is 4.07. The number of halogens is 2. The maximum Gasteiger partial charge on any atom is 0.228 e. The van der Waals surface area contributed by atoms with Crippen molar-refractivity contribution in [2.75, 3.05) is 5.75 Å². The van der Waals surface area contributed by atoms with E-state index < -0.39 is 5.95 Å². The molecule has 1 heterocycles. The SMILES string of the molecule is CCSc1ccc(Br)c(F)n1. The van der Waals surface area contributed by atoms with Gasteiger partial charge in [0.05, 0.1) is 9.50 Å². The fourth-order valence-corrected chi connectivity index (χ4v) is 1.45. The maximum absolute atomic E-state index is 12.7. The molecule has 0 atom stereocenters. The smallest absolute Gasteiger partial charge is 0.212 e. The number of thioether (sulfide) groups is 1. The van der Waals surface area contributed by atoms with Crippen LogP contribution in [0.3, 0.4) is 0 Å². The molecule has 0 saturated carbocycles. The highest BCUT2D eigenvalue weighted by molar-refractivity contribution is 9.10. The van der Waals surface area contributed by atoms with Crippen LogP contribution < -0.4 is 0 Å². The van der Waals surface area contributed by atoms with Crippen molar-refractivity contribution in [2.24, 2.45) is 0 Å². The Hall–Kier alpha value is -0.0900. The number of hydrogen-bond acceptors (Lipinski definition) is 2. The van der Waals surface area contributed by atoms with E-state index in [2.05, 4.69) is 20.9 Å². The van der Waals surface area contributed by atoms with E-state index in [-0.39, 0.29) is 0 Å². The zero-order chi connectivity index (χ0) is 8.27. The zero-order valence-electron chi connectivity index (χ0n) is 5.97. The third-order valence-electron chi connectivity index (χ3n) is 1.07. The summed E-state index contributed by atoms with van der Waals surface area (Å²) in [4.78, 5) is 3.71. The predicted molar refractivity (Wildman–Crippen MR) is 48.3 cm³/mol. The van der Waals surface area contributed by atoms with Gasteiger partial charge >= 0.3 is 0 Å². The van der Waals surface area contributed by atoms with Gasteiger partial charge in [-0.15, -0.1) is 11.8 Å². The highest BCUT2D eigenvalue weighted by Crippen LogP contribution is 2.19. The monoisotopic (exact) mass is 235 g/mol. The standard InChI is InChI=1S/C7H7BrFNS/c1-2-11-6-4-3-5(8)7(9)10-6/h3-4H,2H2,1H3. The maximum atomic E-state index is 12.7. The van der Waals surface area contributed by atoms with Crippen molar-refractivity contribution >= 4 is 27.7 Å². The van der Waals surface area contributed by atoms with Gasteiger partial charge in [-0.25, -0.2) is 4.98 Å². The van der Waals surface area contributed by atoms with Crippen LogP contribution in [0, 0.1) is 5.95 Å². The zero-order valence-corrected chi connectivity index (χ0v) is 8.38. The van der Waals surface area contributed by atoms with Gasteiger partial charge in [0.15, 0.2) is 0 Å². The van der Waals surface area contributed by atoms with Crippen molar-refractivity contribution in [2.45, 2.75) is 11.9 Å². The van der Waals surface area contributed by atoms with Gasteiger partial charge in [0, 0.05) is 0 Å². The highest BCUT2D eigenvalue weighted by atomic mass is 79.9. The first-order valence-corrected chi connectivity index (χ1v) is 4.96. The van der Waals surface area contributed by atoms with Crippen molar-refractivity contribution in [3.8, 4) is 0 Å². The molecule has 0 amide bonds. The molecule has 0 N–H and O–H groups in total. The molecule has 0 aliphatic heterocycles. The van der Waals surface area contributed by atoms with E-state index in [0.29, 0.717) is 4.47 Å². The van der Waals surface area contributed by atoms with Crippen LogP contribution in [0.25, 0.3) is 0 Å². The van der Waals surface area contributed by atoms with E-state index in [9.17, 15) is 4.39 Å². The molecule has 1 nitrogen and oxygen atoms in total. The van der Waals surface area contributed by atoms with Crippen LogP contribution in [0.15, 0.2) is 21.6 Å². The average Bonchev–Trinajstić information content (AvgIpc) is 1.98. The predicted octanol–water partition coefficient (Wildman–Crippen LogP) is 3.10. The highest BCUT2D eigenvalue weighted by Gasteiger charge is 2.00. The molecule has 0 aromatic carbocycles. The van der Waals surface area contributed by atoms with E-state index >= 15 is 0 Å². The summed E-state index contributed by atoms with van der Waals surface area (Å²) in [5.74, 6) is 0.470. The fraction of sp³-hybridized carbons (Fsp3) is 0.286. The fourth-order valence-electron chi connectivity index (χ4n) is 0.629. The van der Waals surface area contributed by atoms with Gasteiger partial charge in [0.25, 0.3) is 0 Å². The van der Waals surface area contributed by atoms with Gasteiger partial charge < -0.3 is 0 Å². The number of hydrogen-bond donors (Lipinski definition) is 0. The first-order chi connectivity index (χ1) is 5.24. The van der Waals surface area contributed by atoms with Crippen LogP contribution in [0.5, 0.6) is 0 Å². The van der Waals surface area contributed by atoms with Gasteiger partial charge in [0.2, 0.25) is 5.95 Å². The van der Waals surface area contributed by atoms with Crippen LogP contribution in [0.2, 0.25) is 0 Å². The molecule has 0 aliphatic carbocycles. The first kappa shape index (κ1) is 9.00. The van der Waals surface area contributed by atoms with Gasteiger partial charge in [-0.1, -0.05) is 6.92 Å². The van der Waals surface area contributed by atoms with Crippen LogP contribution in [0.4, 0.5) is 4.39 Å². The second-order valence-corrected chi connectivity index (χ2v) is 3.99. The Morgan fingerprint density at radius 3 is 2.91 bits per heavy atom. The summed E-state index contributed by atoms with van der Waals surface area (Å²) >= 11 is 4.56. The lowest BCUT2D eigenvalue weighted by Crippen LogP contribution is -1.86. The van der Waals surface area contributed by atoms with E-state index in [0.717, 1.165) is 10.8 Å². The van der Waals surface area contributed by atoms with E-state index in [1.165, 1.54) is 11.8 Å². The molecule has 4 heteroatoms. The topological polar surface area (TPSA) is 12.9 Å². The Balaban J connectivity index is 2.86. The number of nitrogens with zero attached hydrogens (tertiary/aromatic N) is 1. The summed E-state index contributed by atoms with van der Waals surface area (Å²) in [5.41, 5.74) is 0. The van der Waals surface area contributed by atoms with Crippen molar-refractivity contribution in [3.63, 3.8) is 0 Å². The lowest BCUT2D eigenvalue weighted by Gasteiger charge is -1.97. The summed E-state index contributed by atoms with van der Waals surface area (Å²) < 4.78 is 13.1. The van der Waals surface area contributed by atoms with E-state index in [1.807, 2.05) is 6.92 Å². The molecule has 0 aliphatic rings. The normalized spacial score (nSPS) is 10.1. The molecule has 0 fully saturated rings. The molecule has 0 saturated heterocycles. The molecule has 60 valence electrons. The Morgan fingerprint density at radius 2 is 2.36 bits per heavy atom. The molecule has 0 spiro atoms. The van der Waals surface area contributed by atoms with Gasteiger partial charge in [-0.3, -0.25) is 0 Å². The molecule has 1 rings (SSSR count). The van der Waals surface area contributed by atoms with Crippen molar-refractivity contribution in [1.82, 2.24) is 4.98 Å². The molecular formula is C7H7BrFNS. The van der Waals surface area contributed by atoms with Crippen molar-refractivity contribution in [3.05, 3.63) is 22.6 Å².